The molecule has 0 aliphatic rings. The highest BCUT2D eigenvalue weighted by Gasteiger charge is 2.11. The number of aromatic nitrogens is 3. The SMILES string of the molecule is Cc1ccc(-c2cc3c(=O)n(CCC(=O)NCc4ccc(F)cc4F)ccn3n2)cc1C. The van der Waals surface area contributed by atoms with Crippen molar-refractivity contribution in [3.05, 3.63) is 93.5 Å². The van der Waals surface area contributed by atoms with E-state index in [9.17, 15) is 18.4 Å². The maximum atomic E-state index is 13.7. The zero-order valence-corrected chi connectivity index (χ0v) is 17.7. The molecule has 2 aromatic heterocycles. The van der Waals surface area contributed by atoms with Gasteiger partial charge in [-0.1, -0.05) is 18.2 Å². The van der Waals surface area contributed by atoms with Crippen molar-refractivity contribution in [1.82, 2.24) is 19.5 Å². The third-order valence-corrected chi connectivity index (χ3v) is 5.48. The van der Waals surface area contributed by atoms with E-state index in [1.165, 1.54) is 20.7 Å². The summed E-state index contributed by atoms with van der Waals surface area (Å²) in [6.45, 7) is 4.17. The largest absolute Gasteiger partial charge is 0.352 e. The molecule has 0 unspecified atom stereocenters. The van der Waals surface area contributed by atoms with E-state index in [4.69, 9.17) is 0 Å². The molecule has 0 bridgehead atoms. The van der Waals surface area contributed by atoms with Crippen molar-refractivity contribution in [2.75, 3.05) is 0 Å². The molecular formula is C24H22F2N4O2. The van der Waals surface area contributed by atoms with E-state index in [2.05, 4.69) is 10.4 Å². The van der Waals surface area contributed by atoms with Crippen LogP contribution >= 0.6 is 0 Å². The first-order valence-electron chi connectivity index (χ1n) is 10.2. The van der Waals surface area contributed by atoms with E-state index >= 15 is 0 Å². The molecule has 1 N–H and O–H groups in total. The Bertz CT molecular complexity index is 1370. The predicted octanol–water partition coefficient (Wildman–Crippen LogP) is 3.76. The van der Waals surface area contributed by atoms with E-state index in [0.29, 0.717) is 11.2 Å². The smallest absolute Gasteiger partial charge is 0.276 e. The predicted molar refractivity (Wildman–Crippen MR) is 117 cm³/mol. The van der Waals surface area contributed by atoms with Crippen molar-refractivity contribution < 1.29 is 13.6 Å². The number of nitrogens with zero attached hydrogens (tertiary/aromatic N) is 3. The van der Waals surface area contributed by atoms with E-state index < -0.39 is 11.6 Å². The number of fused-ring (bicyclic) bond motifs is 1. The molecule has 4 rings (SSSR count). The summed E-state index contributed by atoms with van der Waals surface area (Å²) in [6, 6.07) is 11.0. The van der Waals surface area contributed by atoms with Crippen LogP contribution in [0.15, 0.2) is 59.7 Å². The second-order valence-corrected chi connectivity index (χ2v) is 7.72. The van der Waals surface area contributed by atoms with Gasteiger partial charge in [0.05, 0.1) is 5.69 Å². The molecule has 2 aromatic carbocycles. The van der Waals surface area contributed by atoms with Gasteiger partial charge in [-0.2, -0.15) is 5.10 Å². The van der Waals surface area contributed by atoms with E-state index in [1.54, 1.807) is 18.5 Å². The van der Waals surface area contributed by atoms with Crippen LogP contribution in [0.3, 0.4) is 0 Å². The molecular weight excluding hydrogens is 414 g/mol. The molecule has 0 radical (unpaired) electrons. The van der Waals surface area contributed by atoms with E-state index in [-0.39, 0.29) is 36.5 Å². The maximum Gasteiger partial charge on any atom is 0.276 e. The lowest BCUT2D eigenvalue weighted by Crippen LogP contribution is -2.27. The van der Waals surface area contributed by atoms with Gasteiger partial charge in [-0.05, 0) is 43.2 Å². The van der Waals surface area contributed by atoms with Crippen molar-refractivity contribution >= 4 is 11.4 Å². The average molecular weight is 436 g/mol. The quantitative estimate of drug-likeness (QED) is 0.500. The van der Waals surface area contributed by atoms with Crippen molar-refractivity contribution in [3.63, 3.8) is 0 Å². The van der Waals surface area contributed by atoms with Crippen LogP contribution in [0, 0.1) is 25.5 Å². The minimum atomic E-state index is -0.715. The number of hydrogen-bond acceptors (Lipinski definition) is 3. The van der Waals surface area contributed by atoms with Crippen molar-refractivity contribution in [2.45, 2.75) is 33.4 Å². The Labute approximate surface area is 183 Å². The van der Waals surface area contributed by atoms with E-state index in [0.717, 1.165) is 23.3 Å². The summed E-state index contributed by atoms with van der Waals surface area (Å²) in [5.74, 6) is -1.73. The van der Waals surface area contributed by atoms with Crippen LogP contribution in [0.4, 0.5) is 8.78 Å². The number of benzene rings is 2. The van der Waals surface area contributed by atoms with Gasteiger partial charge in [0.15, 0.2) is 0 Å². The molecule has 0 fully saturated rings. The number of rotatable bonds is 6. The summed E-state index contributed by atoms with van der Waals surface area (Å²) in [4.78, 5) is 25.0. The molecule has 0 spiro atoms. The summed E-state index contributed by atoms with van der Waals surface area (Å²) in [5.41, 5.74) is 4.29. The topological polar surface area (TPSA) is 68.4 Å². The van der Waals surface area contributed by atoms with Crippen LogP contribution in [0.2, 0.25) is 0 Å². The molecule has 0 atom stereocenters. The summed E-state index contributed by atoms with van der Waals surface area (Å²) < 4.78 is 29.6. The highest BCUT2D eigenvalue weighted by atomic mass is 19.1. The lowest BCUT2D eigenvalue weighted by atomic mass is 10.0. The molecule has 32 heavy (non-hydrogen) atoms. The second-order valence-electron chi connectivity index (χ2n) is 7.72. The monoisotopic (exact) mass is 436 g/mol. The normalized spacial score (nSPS) is 11.1. The van der Waals surface area contributed by atoms with Gasteiger partial charge in [0, 0.05) is 49.1 Å². The fourth-order valence-electron chi connectivity index (χ4n) is 3.41. The zero-order valence-electron chi connectivity index (χ0n) is 17.7. The Balaban J connectivity index is 1.45. The highest BCUT2D eigenvalue weighted by Crippen LogP contribution is 2.21. The fraction of sp³-hybridized carbons (Fsp3) is 0.208. The number of aryl methyl sites for hydroxylation is 3. The van der Waals surface area contributed by atoms with Crippen LogP contribution in [-0.2, 0) is 17.9 Å². The van der Waals surface area contributed by atoms with Crippen LogP contribution in [-0.4, -0.2) is 20.1 Å². The summed E-state index contributed by atoms with van der Waals surface area (Å²) in [6.07, 6.45) is 3.30. The van der Waals surface area contributed by atoms with Crippen molar-refractivity contribution in [1.29, 1.82) is 0 Å². The van der Waals surface area contributed by atoms with Crippen LogP contribution in [0.25, 0.3) is 16.8 Å². The van der Waals surface area contributed by atoms with Gasteiger partial charge >= 0.3 is 0 Å². The van der Waals surface area contributed by atoms with Gasteiger partial charge in [0.25, 0.3) is 5.56 Å². The number of nitrogens with one attached hydrogen (secondary N) is 1. The first-order chi connectivity index (χ1) is 15.3. The van der Waals surface area contributed by atoms with Gasteiger partial charge in [0.2, 0.25) is 5.91 Å². The van der Waals surface area contributed by atoms with E-state index in [1.807, 2.05) is 32.0 Å². The molecule has 0 saturated heterocycles. The van der Waals surface area contributed by atoms with Gasteiger partial charge in [-0.15, -0.1) is 0 Å². The standard InChI is InChI=1S/C24H22F2N4O2/c1-15-3-4-17(11-16(15)2)21-13-22-24(32)29(9-10-30(22)28-21)8-7-23(31)27-14-18-5-6-19(25)12-20(18)26/h3-6,9-13H,7-8,14H2,1-2H3,(H,27,31). The Kier molecular flexibility index (Phi) is 5.85. The number of carbonyl (C=O) groups excluding carboxylic acids is 1. The first kappa shape index (κ1) is 21.4. The average Bonchev–Trinajstić information content (AvgIpc) is 3.20. The molecule has 164 valence electrons. The molecule has 4 aromatic rings. The Morgan fingerprint density at radius 3 is 2.59 bits per heavy atom. The molecule has 0 aliphatic heterocycles. The van der Waals surface area contributed by atoms with Crippen LogP contribution in [0.5, 0.6) is 0 Å². The summed E-state index contributed by atoms with van der Waals surface area (Å²) in [7, 11) is 0. The number of halogens is 2. The van der Waals surface area contributed by atoms with Crippen molar-refractivity contribution in [2.24, 2.45) is 0 Å². The van der Waals surface area contributed by atoms with Crippen LogP contribution in [0.1, 0.15) is 23.1 Å². The lowest BCUT2D eigenvalue weighted by Gasteiger charge is -2.08. The minimum Gasteiger partial charge on any atom is -0.352 e. The molecule has 0 saturated carbocycles. The molecule has 0 aliphatic carbocycles. The Hall–Kier alpha value is -3.81. The number of hydrogen-bond donors (Lipinski definition) is 1. The summed E-state index contributed by atoms with van der Waals surface area (Å²) in [5, 5.41) is 7.08. The zero-order chi connectivity index (χ0) is 22.8. The molecule has 2 heterocycles. The second kappa shape index (κ2) is 8.74. The molecule has 1 amide bonds. The molecule has 8 heteroatoms. The fourth-order valence-corrected chi connectivity index (χ4v) is 3.41. The Morgan fingerprint density at radius 2 is 1.84 bits per heavy atom. The molecule has 6 nitrogen and oxygen atoms in total. The first-order valence-corrected chi connectivity index (χ1v) is 10.2. The van der Waals surface area contributed by atoms with Gasteiger partial charge in [-0.25, -0.2) is 13.3 Å². The summed E-state index contributed by atoms with van der Waals surface area (Å²) >= 11 is 0. The van der Waals surface area contributed by atoms with Crippen molar-refractivity contribution in [3.8, 4) is 11.3 Å². The minimum absolute atomic E-state index is 0.0387. The third-order valence-electron chi connectivity index (χ3n) is 5.48. The van der Waals surface area contributed by atoms with Gasteiger partial charge < -0.3 is 9.88 Å². The maximum absolute atomic E-state index is 13.7. The number of carbonyl (C=O) groups is 1. The lowest BCUT2D eigenvalue weighted by molar-refractivity contribution is -0.121. The third kappa shape index (κ3) is 4.44. The van der Waals surface area contributed by atoms with Gasteiger partial charge in [0.1, 0.15) is 17.2 Å². The number of amides is 1. The Morgan fingerprint density at radius 1 is 1.03 bits per heavy atom. The van der Waals surface area contributed by atoms with Crippen LogP contribution < -0.4 is 10.9 Å². The highest BCUT2D eigenvalue weighted by molar-refractivity contribution is 5.75. The van der Waals surface area contributed by atoms with Gasteiger partial charge in [-0.3, -0.25) is 9.59 Å².